The van der Waals surface area contributed by atoms with Crippen molar-refractivity contribution >= 4 is 0 Å². The lowest BCUT2D eigenvalue weighted by Gasteiger charge is -2.12. The molecule has 134 valence electrons. The van der Waals surface area contributed by atoms with Gasteiger partial charge in [0.1, 0.15) is 5.69 Å². The number of nitrogens with zero attached hydrogens (tertiary/aromatic N) is 5. The van der Waals surface area contributed by atoms with Crippen molar-refractivity contribution in [1.29, 1.82) is 0 Å². The van der Waals surface area contributed by atoms with E-state index in [2.05, 4.69) is 27.0 Å². The molecule has 0 saturated heterocycles. The molecule has 0 aliphatic carbocycles. The maximum Gasteiger partial charge on any atom is 0.164 e. The Balaban J connectivity index is 1.83. The number of nitrogens with two attached hydrogens (primary N) is 1. The lowest BCUT2D eigenvalue weighted by atomic mass is 10.2. The summed E-state index contributed by atoms with van der Waals surface area (Å²) in [6.07, 6.45) is 11.2. The van der Waals surface area contributed by atoms with Crippen LogP contribution < -0.4 is 11.1 Å². The van der Waals surface area contributed by atoms with Crippen LogP contribution in [0.25, 0.3) is 22.8 Å². The molecule has 2 aliphatic rings. The molecule has 1 aromatic heterocycles. The summed E-state index contributed by atoms with van der Waals surface area (Å²) in [5.41, 5.74) is 11.2. The molecule has 26 heavy (non-hydrogen) atoms. The Bertz CT molecular complexity index is 954. The van der Waals surface area contributed by atoms with E-state index in [1.54, 1.807) is 12.3 Å². The van der Waals surface area contributed by atoms with Gasteiger partial charge >= 0.3 is 0 Å². The van der Waals surface area contributed by atoms with Gasteiger partial charge in [-0.3, -0.25) is 4.68 Å². The van der Waals surface area contributed by atoms with Crippen molar-refractivity contribution in [3.05, 3.63) is 66.6 Å². The van der Waals surface area contributed by atoms with Crippen LogP contribution >= 0.6 is 0 Å². The molecular weight excluding hydrogens is 326 g/mol. The highest BCUT2D eigenvalue weighted by Gasteiger charge is 2.16. The first-order chi connectivity index (χ1) is 12.5. The maximum atomic E-state index is 5.91. The van der Waals surface area contributed by atoms with Gasteiger partial charge in [-0.15, -0.1) is 0 Å². The van der Waals surface area contributed by atoms with Crippen molar-refractivity contribution in [2.75, 3.05) is 0 Å². The molecule has 0 saturated carbocycles. The number of hydrogen-bond acceptors (Lipinski definition) is 5. The largest absolute Gasteiger partial charge is 0.401 e. The fourth-order valence-corrected chi connectivity index (χ4v) is 2.56. The Labute approximate surface area is 152 Å². The van der Waals surface area contributed by atoms with Gasteiger partial charge in [-0.1, -0.05) is 18.7 Å². The SMILES string of the molecule is C=C/C=C\C(NCn1ccc2nc(-c3cnn(C)c3C)nc-2c1)=C(/C)N. The zero-order valence-electron chi connectivity index (χ0n) is 15.3. The van der Waals surface area contributed by atoms with Crippen LogP contribution in [0.3, 0.4) is 0 Å². The Morgan fingerprint density at radius 2 is 2.12 bits per heavy atom. The summed E-state index contributed by atoms with van der Waals surface area (Å²) in [7, 11) is 1.91. The van der Waals surface area contributed by atoms with Gasteiger partial charge in [-0.2, -0.15) is 5.10 Å². The fraction of sp³-hybridized carbons (Fsp3) is 0.211. The lowest BCUT2D eigenvalue weighted by Crippen LogP contribution is -2.20. The first kappa shape index (κ1) is 17.5. The van der Waals surface area contributed by atoms with Crippen molar-refractivity contribution in [1.82, 2.24) is 29.6 Å². The maximum absolute atomic E-state index is 5.91. The molecule has 7 nitrogen and oxygen atoms in total. The van der Waals surface area contributed by atoms with E-state index in [0.29, 0.717) is 18.2 Å². The number of imidazole rings is 1. The first-order valence-corrected chi connectivity index (χ1v) is 8.31. The Morgan fingerprint density at radius 1 is 1.35 bits per heavy atom. The van der Waals surface area contributed by atoms with Crippen LogP contribution in [0, 0.1) is 6.92 Å². The number of pyridine rings is 1. The van der Waals surface area contributed by atoms with Crippen LogP contribution in [0.2, 0.25) is 0 Å². The monoisotopic (exact) mass is 349 g/mol. The lowest BCUT2D eigenvalue weighted by molar-refractivity contribution is 0.620. The van der Waals surface area contributed by atoms with Crippen LogP contribution in [0.15, 0.2) is 60.9 Å². The van der Waals surface area contributed by atoms with Gasteiger partial charge in [0.05, 0.1) is 29.8 Å². The number of allylic oxidation sites excluding steroid dienone is 4. The standard InChI is InChI=1S/C19H23N7/c1-5-6-7-16(13(2)20)21-12-26-9-8-17-18(11-26)24-19(23-17)15-10-22-25(4)14(15)3/h5-11,21H,1,12,20H2,2-4H3/b7-6-,16-13-. The predicted octanol–water partition coefficient (Wildman–Crippen LogP) is 2.57. The molecule has 0 bridgehead atoms. The fourth-order valence-electron chi connectivity index (χ4n) is 2.56. The topological polar surface area (TPSA) is 86.6 Å². The van der Waals surface area contributed by atoms with E-state index in [-0.39, 0.29) is 0 Å². The average Bonchev–Trinajstić information content (AvgIpc) is 3.17. The second kappa shape index (κ2) is 7.26. The number of aromatic nitrogens is 5. The van der Waals surface area contributed by atoms with E-state index in [0.717, 1.165) is 28.3 Å². The predicted molar refractivity (Wildman–Crippen MR) is 103 cm³/mol. The van der Waals surface area contributed by atoms with Crippen molar-refractivity contribution in [2.45, 2.75) is 20.5 Å². The summed E-state index contributed by atoms with van der Waals surface area (Å²) in [4.78, 5) is 9.27. The molecule has 3 heterocycles. The third-order valence-corrected chi connectivity index (χ3v) is 4.18. The van der Waals surface area contributed by atoms with Gasteiger partial charge in [0.2, 0.25) is 0 Å². The van der Waals surface area contributed by atoms with Crippen molar-refractivity contribution in [2.24, 2.45) is 12.8 Å². The zero-order valence-corrected chi connectivity index (χ0v) is 15.3. The van der Waals surface area contributed by atoms with Crippen LogP contribution in [0.1, 0.15) is 12.6 Å². The Hall–Kier alpha value is -3.35. The number of rotatable bonds is 6. The molecule has 0 unspecified atom stereocenters. The van der Waals surface area contributed by atoms with E-state index in [9.17, 15) is 0 Å². The highest BCUT2D eigenvalue weighted by atomic mass is 15.3. The van der Waals surface area contributed by atoms with Gasteiger partial charge < -0.3 is 15.6 Å². The quantitative estimate of drug-likeness (QED) is 0.668. The van der Waals surface area contributed by atoms with E-state index in [4.69, 9.17) is 5.73 Å². The second-order valence-electron chi connectivity index (χ2n) is 6.07. The molecule has 0 spiro atoms. The third kappa shape index (κ3) is 3.51. The van der Waals surface area contributed by atoms with Crippen molar-refractivity contribution in [3.63, 3.8) is 0 Å². The Morgan fingerprint density at radius 3 is 2.77 bits per heavy atom. The second-order valence-corrected chi connectivity index (χ2v) is 6.07. The third-order valence-electron chi connectivity index (χ3n) is 4.18. The molecule has 0 aromatic carbocycles. The Kier molecular flexibility index (Phi) is 4.88. The smallest absolute Gasteiger partial charge is 0.164 e. The summed E-state index contributed by atoms with van der Waals surface area (Å²) in [5, 5.41) is 7.57. The van der Waals surface area contributed by atoms with E-state index >= 15 is 0 Å². The van der Waals surface area contributed by atoms with Gasteiger partial charge in [0.15, 0.2) is 5.82 Å². The molecule has 0 atom stereocenters. The molecule has 2 aliphatic heterocycles. The summed E-state index contributed by atoms with van der Waals surface area (Å²) < 4.78 is 3.82. The summed E-state index contributed by atoms with van der Waals surface area (Å²) >= 11 is 0. The molecule has 7 heteroatoms. The van der Waals surface area contributed by atoms with Crippen LogP contribution in [0.4, 0.5) is 0 Å². The van der Waals surface area contributed by atoms with Crippen LogP contribution in [-0.4, -0.2) is 24.3 Å². The first-order valence-electron chi connectivity index (χ1n) is 8.31. The highest BCUT2D eigenvalue weighted by Crippen LogP contribution is 2.26. The van der Waals surface area contributed by atoms with Crippen LogP contribution in [-0.2, 0) is 13.7 Å². The van der Waals surface area contributed by atoms with Gasteiger partial charge in [-0.05, 0) is 26.0 Å². The summed E-state index contributed by atoms with van der Waals surface area (Å²) in [6, 6.07) is 1.96. The number of aryl methyl sites for hydroxylation is 1. The van der Waals surface area contributed by atoms with E-state index < -0.39 is 0 Å². The summed E-state index contributed by atoms with van der Waals surface area (Å²) in [5.74, 6) is 0.698. The zero-order chi connectivity index (χ0) is 18.7. The van der Waals surface area contributed by atoms with Gasteiger partial charge in [-0.25, -0.2) is 9.97 Å². The van der Waals surface area contributed by atoms with Crippen molar-refractivity contribution < 1.29 is 0 Å². The molecule has 0 radical (unpaired) electrons. The molecule has 3 N–H and O–H groups in total. The molecule has 0 fully saturated rings. The summed E-state index contributed by atoms with van der Waals surface area (Å²) in [6.45, 7) is 8.10. The van der Waals surface area contributed by atoms with E-state index in [1.165, 1.54) is 0 Å². The number of hydrogen-bond donors (Lipinski definition) is 2. The van der Waals surface area contributed by atoms with Crippen molar-refractivity contribution in [3.8, 4) is 22.8 Å². The normalized spacial score (nSPS) is 12.6. The minimum atomic E-state index is 0.565. The van der Waals surface area contributed by atoms with Gasteiger partial charge in [0, 0.05) is 30.8 Å². The van der Waals surface area contributed by atoms with Crippen LogP contribution in [0.5, 0.6) is 0 Å². The minimum absolute atomic E-state index is 0.565. The number of nitrogens with one attached hydrogen (secondary N) is 1. The molecular formula is C19H23N7. The molecule has 1 aromatic rings. The van der Waals surface area contributed by atoms with Gasteiger partial charge in [0.25, 0.3) is 0 Å². The minimum Gasteiger partial charge on any atom is -0.401 e. The molecule has 3 rings (SSSR count). The average molecular weight is 349 g/mol. The molecule has 0 amide bonds. The number of fused-ring (bicyclic) bond motifs is 1. The highest BCUT2D eigenvalue weighted by molar-refractivity contribution is 5.66. The van der Waals surface area contributed by atoms with E-state index in [1.807, 2.05) is 60.8 Å².